The third-order valence-corrected chi connectivity index (χ3v) is 3.21. The minimum Gasteiger partial charge on any atom is -0.317 e. The summed E-state index contributed by atoms with van der Waals surface area (Å²) in [4.78, 5) is 0. The average Bonchev–Trinajstić information content (AvgIpc) is 2.82. The number of aromatic nitrogens is 1. The van der Waals surface area contributed by atoms with Gasteiger partial charge in [0.15, 0.2) is 0 Å². The first-order valence-electron chi connectivity index (χ1n) is 5.87. The number of nitriles is 1. The number of aryl methyl sites for hydroxylation is 1. The Morgan fingerprint density at radius 3 is 2.67 bits per heavy atom. The summed E-state index contributed by atoms with van der Waals surface area (Å²) in [7, 11) is 0. The lowest BCUT2D eigenvalue weighted by atomic mass is 10.1. The fraction of sp³-hybridized carbons (Fsp3) is 0.0625. The third kappa shape index (κ3) is 1.57. The second-order valence-electron chi connectivity index (χ2n) is 4.36. The Morgan fingerprint density at radius 2 is 1.89 bits per heavy atom. The number of rotatable bonds is 1. The first kappa shape index (κ1) is 10.6. The largest absolute Gasteiger partial charge is 0.317 e. The van der Waals surface area contributed by atoms with E-state index in [0.717, 1.165) is 16.8 Å². The van der Waals surface area contributed by atoms with Crippen molar-refractivity contribution in [2.24, 2.45) is 0 Å². The third-order valence-electron chi connectivity index (χ3n) is 3.21. The molecule has 2 aromatic carbocycles. The van der Waals surface area contributed by atoms with Crippen LogP contribution in [0.3, 0.4) is 0 Å². The molecule has 0 amide bonds. The zero-order valence-electron chi connectivity index (χ0n) is 10.1. The normalized spacial score (nSPS) is 10.4. The zero-order chi connectivity index (χ0) is 12.5. The molecule has 0 saturated carbocycles. The van der Waals surface area contributed by atoms with Crippen LogP contribution in [0, 0.1) is 18.3 Å². The van der Waals surface area contributed by atoms with Crippen LogP contribution in [0.15, 0.2) is 54.7 Å². The zero-order valence-corrected chi connectivity index (χ0v) is 10.1. The number of hydrogen-bond acceptors (Lipinski definition) is 1. The van der Waals surface area contributed by atoms with Crippen molar-refractivity contribution < 1.29 is 0 Å². The molecule has 3 rings (SSSR count). The quantitative estimate of drug-likeness (QED) is 0.627. The van der Waals surface area contributed by atoms with Crippen LogP contribution in [0.25, 0.3) is 16.6 Å². The first-order valence-corrected chi connectivity index (χ1v) is 5.87. The summed E-state index contributed by atoms with van der Waals surface area (Å²) in [5.74, 6) is 0. The number of fused-ring (bicyclic) bond motifs is 1. The number of nitrogens with zero attached hydrogens (tertiary/aromatic N) is 2. The highest BCUT2D eigenvalue weighted by Crippen LogP contribution is 2.21. The molecule has 0 fully saturated rings. The molecule has 2 heteroatoms. The molecule has 1 heterocycles. The van der Waals surface area contributed by atoms with Crippen molar-refractivity contribution in [3.05, 3.63) is 65.9 Å². The molecular formula is C16H12N2. The lowest BCUT2D eigenvalue weighted by molar-refractivity contribution is 1.12. The van der Waals surface area contributed by atoms with E-state index in [4.69, 9.17) is 5.26 Å². The van der Waals surface area contributed by atoms with Gasteiger partial charge in [-0.15, -0.1) is 0 Å². The Hall–Kier alpha value is -2.53. The smallest absolute Gasteiger partial charge is 0.0994 e. The maximum Gasteiger partial charge on any atom is 0.0994 e. The molecule has 18 heavy (non-hydrogen) atoms. The van der Waals surface area contributed by atoms with E-state index in [0.29, 0.717) is 0 Å². The van der Waals surface area contributed by atoms with Gasteiger partial charge in [-0.05, 0) is 48.2 Å². The summed E-state index contributed by atoms with van der Waals surface area (Å²) in [6.07, 6.45) is 2.06. The van der Waals surface area contributed by atoms with Gasteiger partial charge in [-0.1, -0.05) is 18.2 Å². The van der Waals surface area contributed by atoms with E-state index in [-0.39, 0.29) is 0 Å². The van der Waals surface area contributed by atoms with E-state index < -0.39 is 0 Å². The molecule has 86 valence electrons. The highest BCUT2D eigenvalue weighted by Gasteiger charge is 2.04. The second-order valence-corrected chi connectivity index (χ2v) is 4.36. The van der Waals surface area contributed by atoms with Crippen molar-refractivity contribution in [3.63, 3.8) is 0 Å². The molecule has 0 aliphatic rings. The molecule has 2 nitrogen and oxygen atoms in total. The van der Waals surface area contributed by atoms with Gasteiger partial charge in [0.25, 0.3) is 0 Å². The first-order chi connectivity index (χ1) is 8.79. The average molecular weight is 232 g/mol. The van der Waals surface area contributed by atoms with Crippen molar-refractivity contribution in [3.8, 4) is 11.8 Å². The predicted octanol–water partition coefficient (Wildman–Crippen LogP) is 3.81. The number of hydrogen-bond donors (Lipinski definition) is 0. The second kappa shape index (κ2) is 4.05. The van der Waals surface area contributed by atoms with Gasteiger partial charge in [-0.25, -0.2) is 0 Å². The van der Waals surface area contributed by atoms with Crippen LogP contribution < -0.4 is 0 Å². The predicted molar refractivity (Wildman–Crippen MR) is 72.7 cm³/mol. The Morgan fingerprint density at radius 1 is 1.06 bits per heavy atom. The minimum atomic E-state index is 0.732. The Kier molecular flexibility index (Phi) is 2.39. The van der Waals surface area contributed by atoms with Crippen LogP contribution in [0.4, 0.5) is 0 Å². The van der Waals surface area contributed by atoms with Gasteiger partial charge in [-0.3, -0.25) is 0 Å². The van der Waals surface area contributed by atoms with E-state index in [1.807, 2.05) is 37.3 Å². The summed E-state index contributed by atoms with van der Waals surface area (Å²) in [5, 5.41) is 10.2. The van der Waals surface area contributed by atoms with Crippen LogP contribution >= 0.6 is 0 Å². The van der Waals surface area contributed by atoms with Crippen LogP contribution in [0.1, 0.15) is 11.1 Å². The number of para-hydroxylation sites is 1. The van der Waals surface area contributed by atoms with Crippen molar-refractivity contribution >= 4 is 10.9 Å². The van der Waals surface area contributed by atoms with Crippen molar-refractivity contribution in [2.45, 2.75) is 6.92 Å². The van der Waals surface area contributed by atoms with Gasteiger partial charge in [0.1, 0.15) is 0 Å². The van der Waals surface area contributed by atoms with Gasteiger partial charge in [0.05, 0.1) is 17.1 Å². The molecule has 3 aromatic rings. The van der Waals surface area contributed by atoms with Crippen LogP contribution in [-0.4, -0.2) is 4.57 Å². The summed E-state index contributed by atoms with van der Waals surface area (Å²) < 4.78 is 2.14. The van der Waals surface area contributed by atoms with Crippen LogP contribution in [0.2, 0.25) is 0 Å². The van der Waals surface area contributed by atoms with Crippen molar-refractivity contribution in [2.75, 3.05) is 0 Å². The van der Waals surface area contributed by atoms with Crippen molar-refractivity contribution in [1.82, 2.24) is 4.57 Å². The molecule has 1 aromatic heterocycles. The fourth-order valence-electron chi connectivity index (χ4n) is 2.23. The lowest BCUT2D eigenvalue weighted by Crippen LogP contribution is -1.93. The number of benzene rings is 2. The SMILES string of the molecule is Cc1cc(-n2ccc3ccccc32)ccc1C#N. The molecule has 0 atom stereocenters. The summed E-state index contributed by atoms with van der Waals surface area (Å²) in [5.41, 5.74) is 4.01. The fourth-order valence-corrected chi connectivity index (χ4v) is 2.23. The summed E-state index contributed by atoms with van der Waals surface area (Å²) >= 11 is 0. The van der Waals surface area contributed by atoms with Crippen molar-refractivity contribution in [1.29, 1.82) is 5.26 Å². The Balaban J connectivity index is 2.21. The molecule has 0 spiro atoms. The van der Waals surface area contributed by atoms with Gasteiger partial charge in [0, 0.05) is 11.9 Å². The summed E-state index contributed by atoms with van der Waals surface area (Å²) in [6, 6.07) is 18.5. The molecule has 0 saturated heterocycles. The maximum absolute atomic E-state index is 8.95. The Labute approximate surface area is 106 Å². The van der Waals surface area contributed by atoms with E-state index in [1.165, 1.54) is 10.9 Å². The van der Waals surface area contributed by atoms with Crippen LogP contribution in [0.5, 0.6) is 0 Å². The molecule has 0 aliphatic carbocycles. The lowest BCUT2D eigenvalue weighted by Gasteiger charge is -2.07. The van der Waals surface area contributed by atoms with E-state index in [2.05, 4.69) is 35.0 Å². The molecule has 0 bridgehead atoms. The molecule has 0 radical (unpaired) electrons. The highest BCUT2D eigenvalue weighted by molar-refractivity contribution is 5.81. The molecule has 0 unspecified atom stereocenters. The van der Waals surface area contributed by atoms with E-state index >= 15 is 0 Å². The highest BCUT2D eigenvalue weighted by atomic mass is 15.0. The van der Waals surface area contributed by atoms with E-state index in [1.54, 1.807) is 0 Å². The maximum atomic E-state index is 8.95. The van der Waals surface area contributed by atoms with Gasteiger partial charge in [0.2, 0.25) is 0 Å². The van der Waals surface area contributed by atoms with Crippen LogP contribution in [-0.2, 0) is 0 Å². The topological polar surface area (TPSA) is 28.7 Å². The van der Waals surface area contributed by atoms with Gasteiger partial charge < -0.3 is 4.57 Å². The molecule has 0 aliphatic heterocycles. The standard InChI is InChI=1S/C16H12N2/c1-12-10-15(7-6-14(12)11-17)18-9-8-13-4-2-3-5-16(13)18/h2-10H,1H3. The summed E-state index contributed by atoms with van der Waals surface area (Å²) in [6.45, 7) is 1.97. The Bertz CT molecular complexity index is 760. The molecule has 0 N–H and O–H groups in total. The molecular weight excluding hydrogens is 220 g/mol. The van der Waals surface area contributed by atoms with Gasteiger partial charge in [-0.2, -0.15) is 5.26 Å². The minimum absolute atomic E-state index is 0.732. The van der Waals surface area contributed by atoms with E-state index in [9.17, 15) is 0 Å². The monoisotopic (exact) mass is 232 g/mol. The van der Waals surface area contributed by atoms with Gasteiger partial charge >= 0.3 is 0 Å².